The predicted molar refractivity (Wildman–Crippen MR) is 166 cm³/mol. The highest BCUT2D eigenvalue weighted by Gasteiger charge is 2.64. The minimum Gasteiger partial charge on any atom is -0.458 e. The van der Waals surface area contributed by atoms with E-state index >= 15 is 0 Å². The number of benzene rings is 3. The van der Waals surface area contributed by atoms with Gasteiger partial charge in [0, 0.05) is 6.42 Å². The van der Waals surface area contributed by atoms with Crippen LogP contribution in [0.15, 0.2) is 107 Å². The molecule has 2 aliphatic rings. The van der Waals surface area contributed by atoms with Crippen molar-refractivity contribution in [3.8, 4) is 5.75 Å². The number of amides is 1. The van der Waals surface area contributed by atoms with E-state index in [0.717, 1.165) is 5.56 Å². The molecule has 1 amide bonds. The van der Waals surface area contributed by atoms with Gasteiger partial charge in [-0.25, -0.2) is 9.36 Å². The van der Waals surface area contributed by atoms with Crippen molar-refractivity contribution in [3.05, 3.63) is 108 Å². The van der Waals surface area contributed by atoms with Gasteiger partial charge in [-0.1, -0.05) is 113 Å². The molecule has 2 aliphatic heterocycles. The van der Waals surface area contributed by atoms with Gasteiger partial charge in [-0.05, 0) is 36.8 Å². The highest BCUT2D eigenvalue weighted by molar-refractivity contribution is 8.15. The Kier molecular flexibility index (Phi) is 8.97. The van der Waals surface area contributed by atoms with E-state index in [4.69, 9.17) is 48.6 Å². The van der Waals surface area contributed by atoms with Crippen LogP contribution < -0.4 is 15.1 Å². The molecule has 3 unspecified atom stereocenters. The summed E-state index contributed by atoms with van der Waals surface area (Å²) in [6.45, 7) is 0.864. The van der Waals surface area contributed by atoms with Crippen LogP contribution in [-0.4, -0.2) is 38.2 Å². The Hall–Kier alpha value is -2.94. The first kappa shape index (κ1) is 30.5. The monoisotopic (exact) mass is 664 g/mol. The number of ether oxygens (including phenoxy) is 1. The summed E-state index contributed by atoms with van der Waals surface area (Å²) in [5.41, 5.74) is 0.834. The molecular formula is C29H24Cl3N2O6PS. The summed E-state index contributed by atoms with van der Waals surface area (Å²) in [4.78, 5) is 29.6. The van der Waals surface area contributed by atoms with E-state index in [1.165, 1.54) is 18.7 Å². The van der Waals surface area contributed by atoms with Crippen LogP contribution in [0.1, 0.15) is 12.5 Å². The molecule has 3 aromatic carbocycles. The van der Waals surface area contributed by atoms with E-state index in [-0.39, 0.29) is 22.4 Å². The van der Waals surface area contributed by atoms with Crippen molar-refractivity contribution in [2.75, 3.05) is 6.61 Å². The lowest BCUT2D eigenvalue weighted by Gasteiger charge is -2.43. The van der Waals surface area contributed by atoms with Crippen LogP contribution >= 0.6 is 54.2 Å². The lowest BCUT2D eigenvalue weighted by molar-refractivity contribution is -0.141. The molecule has 0 aromatic heterocycles. The number of nitrogens with one attached hydrogen (secondary N) is 1. The van der Waals surface area contributed by atoms with E-state index in [0.29, 0.717) is 11.5 Å². The molecule has 0 saturated carbocycles. The molecule has 2 heterocycles. The number of fused-ring (bicyclic) bond motifs is 1. The second kappa shape index (κ2) is 12.3. The minimum absolute atomic E-state index is 0.110. The third-order valence-corrected chi connectivity index (χ3v) is 9.85. The molecule has 0 radical (unpaired) electrons. The Labute approximate surface area is 261 Å². The number of β-lactam (4-membered cyclic amide) rings is 1. The number of carbonyl (C=O) groups is 2. The van der Waals surface area contributed by atoms with Crippen LogP contribution in [0, 0.1) is 0 Å². The van der Waals surface area contributed by atoms with E-state index in [2.05, 4.69) is 10.3 Å². The summed E-state index contributed by atoms with van der Waals surface area (Å²) in [5.74, 6) is -1.15. The summed E-state index contributed by atoms with van der Waals surface area (Å²) >= 11 is 18.7. The number of allylic oxidation sites excluding steroid dienone is 1. The maximum absolute atomic E-state index is 14.4. The Balaban J connectivity index is 1.55. The maximum Gasteiger partial charge on any atom is 0.462 e. The predicted octanol–water partition coefficient (Wildman–Crippen LogP) is 6.37. The fourth-order valence-electron chi connectivity index (χ4n) is 4.47. The van der Waals surface area contributed by atoms with Crippen LogP contribution in [0.4, 0.5) is 0 Å². The molecule has 5 rings (SSSR count). The van der Waals surface area contributed by atoms with Gasteiger partial charge < -0.3 is 19.1 Å². The lowest BCUT2D eigenvalue weighted by atomic mass is 9.90. The third kappa shape index (κ3) is 6.66. The molecule has 1 N–H and O–H groups in total. The minimum atomic E-state index is -4.15. The highest BCUT2D eigenvalue weighted by Crippen LogP contribution is 2.54. The zero-order valence-electron chi connectivity index (χ0n) is 22.0. The number of hydrogen-bond donors (Lipinski definition) is 1. The molecule has 1 fully saturated rings. The average molecular weight is 666 g/mol. The van der Waals surface area contributed by atoms with Crippen molar-refractivity contribution in [2.45, 2.75) is 28.0 Å². The van der Waals surface area contributed by atoms with Gasteiger partial charge in [0.05, 0.1) is 10.3 Å². The Morgan fingerprint density at radius 3 is 2.19 bits per heavy atom. The molecule has 0 aliphatic carbocycles. The van der Waals surface area contributed by atoms with Crippen molar-refractivity contribution >= 4 is 76.4 Å². The van der Waals surface area contributed by atoms with Crippen LogP contribution in [0.25, 0.3) is 0 Å². The lowest BCUT2D eigenvalue weighted by Crippen LogP contribution is -2.70. The number of rotatable bonds is 10. The van der Waals surface area contributed by atoms with Crippen LogP contribution in [-0.2, 0) is 29.8 Å². The van der Waals surface area contributed by atoms with Gasteiger partial charge in [-0.3, -0.25) is 9.79 Å². The smallest absolute Gasteiger partial charge is 0.458 e. The van der Waals surface area contributed by atoms with Crippen molar-refractivity contribution in [3.63, 3.8) is 0 Å². The number of halogens is 3. The average Bonchev–Trinajstić information content (AvgIpc) is 3.24. The molecule has 1 saturated heterocycles. The Morgan fingerprint density at radius 1 is 1.00 bits per heavy atom. The van der Waals surface area contributed by atoms with Crippen LogP contribution in [0.5, 0.6) is 5.75 Å². The van der Waals surface area contributed by atoms with E-state index in [1.807, 2.05) is 30.3 Å². The maximum atomic E-state index is 14.4. The van der Waals surface area contributed by atoms with Gasteiger partial charge in [0.25, 0.3) is 0 Å². The van der Waals surface area contributed by atoms with E-state index in [9.17, 15) is 14.2 Å². The molecular weight excluding hydrogens is 642 g/mol. The van der Waals surface area contributed by atoms with E-state index in [1.54, 1.807) is 60.7 Å². The fraction of sp³-hybridized carbons (Fsp3) is 0.207. The summed E-state index contributed by atoms with van der Waals surface area (Å²) < 4.78 is 29.9. The number of aliphatic imine (C=N–C) groups is 1. The van der Waals surface area contributed by atoms with E-state index < -0.39 is 40.8 Å². The number of hydrogen-bond acceptors (Lipinski definition) is 8. The summed E-state index contributed by atoms with van der Waals surface area (Å²) in [5, 5.41) is 3.66. The van der Waals surface area contributed by atoms with Crippen molar-refractivity contribution in [1.82, 2.24) is 5.32 Å². The summed E-state index contributed by atoms with van der Waals surface area (Å²) in [7, 11) is -4.15. The molecule has 0 spiro atoms. The molecule has 3 aromatic rings. The topological polar surface area (TPSA) is 103 Å². The quantitative estimate of drug-likeness (QED) is 0.0671. The molecule has 13 heteroatoms. The van der Waals surface area contributed by atoms with Gasteiger partial charge in [0.2, 0.25) is 9.70 Å². The summed E-state index contributed by atoms with van der Waals surface area (Å²) in [6, 6.07) is 25.4. The van der Waals surface area contributed by atoms with Crippen molar-refractivity contribution in [1.29, 1.82) is 0 Å². The van der Waals surface area contributed by atoms with Gasteiger partial charge in [0.15, 0.2) is 10.9 Å². The van der Waals surface area contributed by atoms with Gasteiger partial charge in [-0.2, -0.15) is 0 Å². The molecule has 3 atom stereocenters. The first-order valence-electron chi connectivity index (χ1n) is 12.7. The standard InChI is InChI=1S/C29H24Cl3N2O6PS/c1-19(39-41(37,22-15-9-4-10-16-22)40-21-13-7-3-8-14-21)24(27(36)38-18-28(30,31)32)29-25(26(35)34-29)33-23(42-29)17-20-11-5-2-6-12-20/h2-16,25H,17-18H2,1H3,(H,34,35). The number of alkyl halides is 3. The number of thioether (sulfide) groups is 1. The first-order chi connectivity index (χ1) is 20.0. The second-order valence-corrected chi connectivity index (χ2v) is 15.1. The zero-order chi connectivity index (χ0) is 30.0. The molecule has 0 bridgehead atoms. The third-order valence-electron chi connectivity index (χ3n) is 6.29. The normalized spacial score (nSPS) is 21.5. The van der Waals surface area contributed by atoms with Crippen LogP contribution in [0.2, 0.25) is 0 Å². The Morgan fingerprint density at radius 2 is 1.60 bits per heavy atom. The molecule has 8 nitrogen and oxygen atoms in total. The number of para-hydroxylation sites is 1. The highest BCUT2D eigenvalue weighted by atomic mass is 35.6. The van der Waals surface area contributed by atoms with Crippen molar-refractivity contribution < 1.29 is 27.9 Å². The van der Waals surface area contributed by atoms with Crippen molar-refractivity contribution in [2.24, 2.45) is 4.99 Å². The first-order valence-corrected chi connectivity index (χ1v) is 16.2. The zero-order valence-corrected chi connectivity index (χ0v) is 26.0. The van der Waals surface area contributed by atoms with Gasteiger partial charge in [-0.15, -0.1) is 0 Å². The number of esters is 1. The number of carbonyl (C=O) groups excluding carboxylic acids is 2. The Bertz CT molecular complexity index is 1590. The van der Waals surface area contributed by atoms with Gasteiger partial charge in [0.1, 0.15) is 23.7 Å². The van der Waals surface area contributed by atoms with Crippen LogP contribution in [0.3, 0.4) is 0 Å². The van der Waals surface area contributed by atoms with Gasteiger partial charge >= 0.3 is 13.6 Å². The SMILES string of the molecule is CC(OP(=O)(Oc1ccccc1)c1ccccc1)=C(C(=O)OCC(Cl)(Cl)Cl)C12NC(=O)C1N=C(Cc1ccccc1)S2. The fourth-order valence-corrected chi connectivity index (χ4v) is 7.79. The molecule has 218 valence electrons. The number of nitrogens with zero attached hydrogens (tertiary/aromatic N) is 1. The summed E-state index contributed by atoms with van der Waals surface area (Å²) in [6.07, 6.45) is 0.425. The second-order valence-electron chi connectivity index (χ2n) is 9.37. The largest absolute Gasteiger partial charge is 0.462 e. The molecule has 42 heavy (non-hydrogen) atoms.